The fourth-order valence-electron chi connectivity index (χ4n) is 15.2. The zero-order valence-electron chi connectivity index (χ0n) is 81.5. The highest BCUT2D eigenvalue weighted by Crippen LogP contribution is 2.28. The summed E-state index contributed by atoms with van der Waals surface area (Å²) in [5.41, 5.74) is 4.06. The smallest absolute Gasteiger partial charge is 0.323 e. The number of carboxylic acid groups (broad SMARTS) is 4. The van der Waals surface area contributed by atoms with Crippen LogP contribution in [0.5, 0.6) is 11.5 Å². The molecule has 0 saturated carbocycles. The number of ether oxygens (including phenoxy) is 2. The molecule has 4 aromatic carbocycles. The number of rotatable bonds is 64. The third-order valence-electron chi connectivity index (χ3n) is 22.6. The highest BCUT2D eigenvalue weighted by molar-refractivity contribution is 7.94. The summed E-state index contributed by atoms with van der Waals surface area (Å²) in [6, 6.07) is 8.80. The number of aromatic nitrogens is 8. The van der Waals surface area contributed by atoms with Crippen molar-refractivity contribution >= 4 is 157 Å². The van der Waals surface area contributed by atoms with Crippen LogP contribution in [0.2, 0.25) is 0 Å². The molecule has 1 fully saturated rings. The van der Waals surface area contributed by atoms with E-state index in [0.717, 1.165) is 23.9 Å². The van der Waals surface area contributed by atoms with Crippen LogP contribution in [0.25, 0.3) is 21.8 Å². The lowest BCUT2D eigenvalue weighted by Crippen LogP contribution is -2.56. The van der Waals surface area contributed by atoms with Crippen LogP contribution < -0.4 is 77.4 Å². The number of imidazole rings is 2. The van der Waals surface area contributed by atoms with Crippen LogP contribution in [0.4, 0.5) is 11.9 Å². The molecule has 0 spiro atoms. The number of amides is 9. The van der Waals surface area contributed by atoms with Crippen molar-refractivity contribution < 1.29 is 141 Å². The predicted octanol–water partition coefficient (Wildman–Crippen LogP) is -1.32. The van der Waals surface area contributed by atoms with Crippen molar-refractivity contribution in [2.45, 2.75) is 139 Å². The number of H-pyrrole nitrogens is 2. The highest BCUT2D eigenvalue weighted by atomic mass is 32.2. The van der Waals surface area contributed by atoms with Crippen LogP contribution in [-0.2, 0) is 107 Å². The molecule has 1 aliphatic rings. The molecule has 1 aliphatic heterocycles. The van der Waals surface area contributed by atoms with Crippen LogP contribution >= 0.6 is 24.1 Å². The number of likely N-dealkylation sites (N-methyl/N-ethyl adjacent to an activating group) is 1. The maximum Gasteiger partial charge on any atom is 0.323 e. The molecule has 2 unspecified atom stereocenters. The molecule has 0 bridgehead atoms. The van der Waals surface area contributed by atoms with Crippen LogP contribution in [0.3, 0.4) is 0 Å². The normalized spacial score (nSPS) is 14.2. The Morgan fingerprint density at radius 3 is 1.23 bits per heavy atom. The zero-order valence-corrected chi connectivity index (χ0v) is 84.8. The molecule has 25 N–H and O–H groups in total. The summed E-state index contributed by atoms with van der Waals surface area (Å²) in [5.74, 6) is -10.1. The third kappa shape index (κ3) is 41.7. The van der Waals surface area contributed by atoms with Gasteiger partial charge in [0.2, 0.25) is 41.4 Å². The summed E-state index contributed by atoms with van der Waals surface area (Å²) < 4.78 is 57.3. The highest BCUT2D eigenvalue weighted by Gasteiger charge is 2.33. The molecular weight excluding hydrogens is 2010 g/mol. The van der Waals surface area contributed by atoms with E-state index in [0.29, 0.717) is 133 Å². The molecule has 9 rings (SSSR count). The van der Waals surface area contributed by atoms with Gasteiger partial charge in [-0.1, -0.05) is 17.0 Å². The Bertz CT molecular complexity index is 5630. The molecule has 54 nitrogen and oxygen atoms in total. The van der Waals surface area contributed by atoms with Gasteiger partial charge in [-0.05, 0) is 149 Å². The molecular formula is C89H129N25O29S4. The maximum absolute atomic E-state index is 14.6. The largest absolute Gasteiger partial charge is 0.494 e. The molecule has 147 heavy (non-hydrogen) atoms. The van der Waals surface area contributed by atoms with Crippen molar-refractivity contribution in [1.82, 2.24) is 116 Å². The molecule has 0 aliphatic carbocycles. The lowest BCUT2D eigenvalue weighted by molar-refractivity contribution is -0.432. The first kappa shape index (κ1) is 121. The molecule has 7 atom stereocenters. The van der Waals surface area contributed by atoms with Gasteiger partial charge in [-0.3, -0.25) is 86.4 Å². The Balaban J connectivity index is 0.0000146. The summed E-state index contributed by atoms with van der Waals surface area (Å²) in [6.45, 7) is 10.9. The Kier molecular flexibility index (Phi) is 52.8. The van der Waals surface area contributed by atoms with Gasteiger partial charge in [0, 0.05) is 208 Å². The molecule has 8 aromatic rings. The fraction of sp³-hybridized carbons (Fsp3) is 0.494. The van der Waals surface area contributed by atoms with E-state index in [-0.39, 0.29) is 136 Å². The number of hydrogen-bond acceptors (Lipinski definition) is 35. The van der Waals surface area contributed by atoms with Gasteiger partial charge in [0.05, 0.1) is 77.6 Å². The van der Waals surface area contributed by atoms with Crippen molar-refractivity contribution in [3.8, 4) is 11.5 Å². The number of carboxylic acids is 4. The SMILES string of the molecule is CCN1CCN(CC(=O)O)CCN(CC(=O)O)CCN(CC(=O)N[C@@H](CCC(=O)N[C@@H](CSOOO)C(=O)NCCNC(=O)CCCOc2cc(C)c(S(=O)N[C@@H](CNC(=O)c3ccc4c(cnn4CCCNc4ncc[nH]4)c3)C(=O)O)c(C)c2)C(=O)N[C@@H](CSOOO)C(=O)NCCNC(=O)CCCOc2cc(C)c(S(=O)N[C@@H](CNC(=O)c3ccc4c(cnn4CCCNc4ncc[nH]4)c3)C(=O)O)c(C)c2)CC1.O.O. The van der Waals surface area contributed by atoms with Crippen molar-refractivity contribution in [2.24, 2.45) is 0 Å². The Labute approximate surface area is 857 Å². The first-order valence-corrected chi connectivity index (χ1v) is 50.6. The van der Waals surface area contributed by atoms with Crippen molar-refractivity contribution in [2.75, 3.05) is 166 Å². The quantitative estimate of drug-likeness (QED) is 0.00910. The van der Waals surface area contributed by atoms with E-state index in [1.165, 1.54) is 0 Å². The summed E-state index contributed by atoms with van der Waals surface area (Å²) in [6.07, 6.45) is 10.7. The first-order chi connectivity index (χ1) is 69.7. The summed E-state index contributed by atoms with van der Waals surface area (Å²) in [7, 11) is -4.16. The molecule has 1 saturated heterocycles. The van der Waals surface area contributed by atoms with Gasteiger partial charge in [-0.15, -0.1) is 8.67 Å². The number of nitrogens with one attached hydrogen (secondary N) is 15. The van der Waals surface area contributed by atoms with Crippen molar-refractivity contribution in [3.63, 3.8) is 0 Å². The first-order valence-electron chi connectivity index (χ1n) is 46.5. The maximum atomic E-state index is 14.6. The van der Waals surface area contributed by atoms with E-state index < -0.39 is 180 Å². The molecule has 58 heteroatoms. The van der Waals surface area contributed by atoms with Gasteiger partial charge in [-0.25, -0.2) is 38.3 Å². The predicted molar refractivity (Wildman–Crippen MR) is 536 cm³/mol. The molecule has 5 heterocycles. The number of carbonyl (C=O) groups excluding carboxylic acids is 9. The Morgan fingerprint density at radius 2 is 0.844 bits per heavy atom. The fourth-order valence-corrected chi connectivity index (χ4v) is 18.7. The van der Waals surface area contributed by atoms with E-state index in [9.17, 15) is 91.2 Å². The monoisotopic (exact) mass is 2140 g/mol. The summed E-state index contributed by atoms with van der Waals surface area (Å²) in [4.78, 5) is 194. The second-order valence-corrected chi connectivity index (χ2v) is 37.2. The van der Waals surface area contributed by atoms with Gasteiger partial charge < -0.3 is 114 Å². The van der Waals surface area contributed by atoms with Gasteiger partial charge in [0.25, 0.3) is 11.8 Å². The molecule has 0 radical (unpaired) electrons. The summed E-state index contributed by atoms with van der Waals surface area (Å²) in [5, 5.41) is 105. The summed E-state index contributed by atoms with van der Waals surface area (Å²) >= 11 is 0.778. The second kappa shape index (κ2) is 64.2. The van der Waals surface area contributed by atoms with Crippen molar-refractivity contribution in [3.05, 3.63) is 131 Å². The number of aromatic amines is 2. The van der Waals surface area contributed by atoms with Gasteiger partial charge in [0.15, 0.2) is 11.9 Å². The number of fused-ring (bicyclic) bond motifs is 2. The van der Waals surface area contributed by atoms with Crippen LogP contribution in [-0.4, -0.2) is 372 Å². The lowest BCUT2D eigenvalue weighted by atomic mass is 10.1. The third-order valence-corrected chi connectivity index (χ3v) is 26.8. The number of aliphatic carboxylic acids is 4. The number of anilines is 2. The number of benzene rings is 4. The zero-order chi connectivity index (χ0) is 105. The number of aryl methyl sites for hydroxylation is 6. The standard InChI is InChI=1S/C89H125N25O27S4.2H2O/c1-6-109-31-33-110(35-36-112(53-78(121)122)38-37-111(34-32-109)52-77(119)120)51-76(118)104-66(85(127)106-70(55-143-141-139-133)84(126)93-24-22-91-74(116)12-8-40-137-65-43-58(4)80(59(5)44-65)145(135)108-68(87(130)131)50-101-82(124)61-14-17-72-63(46-61)48-103-114(72)30-10-20-95-89-98-27-28-99-89)15-18-75(117)105-69(54-142-140-138-132)83(125)92-23-21-90-73(115)11-7-39-136-64-41-56(2)79(57(3)42-64)144(134)107-67(86(128)129)49-100-81(123)60-13-16-71-62(45-60)47-102-113(71)29-9-19-94-88-96-25-26-97-88;;/h13-14,16-17,25-28,41-48,66-70,107-108,132-133H,6-12,15,18-24,29-40,49-55H2,1-5H3,(H,90,115)(H,91,116)(H,92,125)(H,93,126)(H,100,123)(H,101,124)(H,104,118)(H,105,117)(H,106,127)(H,119,120)(H,121,122)(H,128,129)(H,130,131)(H2,94,96,97)(H2,95,98,99);2*1H2/t66-,67-,68-,69-,70-,144?,145?;;/m0../s1. The number of carbonyl (C=O) groups is 13. The minimum atomic E-state index is -2.08. The second-order valence-electron chi connectivity index (χ2n) is 33.4. The Morgan fingerprint density at radius 1 is 0.449 bits per heavy atom. The van der Waals surface area contributed by atoms with Crippen LogP contribution in [0, 0.1) is 27.7 Å². The number of hydrogen-bond donors (Lipinski definition) is 21. The van der Waals surface area contributed by atoms with E-state index in [4.69, 9.17) is 20.0 Å². The molecule has 4 aromatic heterocycles. The molecule has 808 valence electrons. The molecule has 9 amide bonds. The number of nitrogens with zero attached hydrogens (tertiary/aromatic N) is 10. The van der Waals surface area contributed by atoms with Crippen LogP contribution in [0.1, 0.15) is 101 Å². The average molecular weight is 2140 g/mol. The minimum absolute atomic E-state index is 0. The van der Waals surface area contributed by atoms with E-state index in [1.807, 2.05) is 21.2 Å². The van der Waals surface area contributed by atoms with Crippen LogP contribution in [0.15, 0.2) is 108 Å². The topological polar surface area (TPSA) is 758 Å². The van der Waals surface area contributed by atoms with Gasteiger partial charge >= 0.3 is 23.9 Å². The van der Waals surface area contributed by atoms with Gasteiger partial charge in [-0.2, -0.15) is 10.2 Å². The minimum Gasteiger partial charge on any atom is -0.494 e. The lowest BCUT2D eigenvalue weighted by Gasteiger charge is -2.33. The Hall–Kier alpha value is -13.0. The van der Waals surface area contributed by atoms with E-state index >= 15 is 0 Å². The average Bonchev–Trinajstić information content (AvgIpc) is 1.61. The van der Waals surface area contributed by atoms with E-state index in [2.05, 4.69) is 117 Å². The van der Waals surface area contributed by atoms with E-state index in [1.54, 1.807) is 140 Å². The van der Waals surface area contributed by atoms with Gasteiger partial charge in [0.1, 0.15) is 63.7 Å². The van der Waals surface area contributed by atoms with Crippen molar-refractivity contribution in [1.29, 1.82) is 0 Å².